The van der Waals surface area contributed by atoms with Crippen molar-refractivity contribution in [3.63, 3.8) is 0 Å². The van der Waals surface area contributed by atoms with Gasteiger partial charge in [-0.2, -0.15) is 5.10 Å². The number of hydrazone groups is 1. The van der Waals surface area contributed by atoms with Gasteiger partial charge in [-0.3, -0.25) is 5.20 Å². The number of nitrogens with zero attached hydrogens (tertiary/aromatic N) is 1. The van der Waals surface area contributed by atoms with Gasteiger partial charge in [0.15, 0.2) is 0 Å². The van der Waals surface area contributed by atoms with E-state index >= 15 is 0 Å². The lowest BCUT2D eigenvalue weighted by atomic mass is 10.3. The van der Waals surface area contributed by atoms with Crippen LogP contribution in [0.25, 0.3) is 0 Å². The second-order valence-corrected chi connectivity index (χ2v) is 5.47. The van der Waals surface area contributed by atoms with Gasteiger partial charge >= 0.3 is 5.97 Å². The average molecular weight is 204 g/mol. The molecule has 76 valence electrons. The summed E-state index contributed by atoms with van der Waals surface area (Å²) in [4.78, 5) is 10.8. The minimum atomic E-state index is -0.409. The van der Waals surface area contributed by atoms with Gasteiger partial charge in [-0.05, 0) is 20.8 Å². The molecule has 0 heterocycles. The van der Waals surface area contributed by atoms with E-state index < -0.39 is 5.97 Å². The van der Waals surface area contributed by atoms with Crippen molar-refractivity contribution >= 4 is 20.9 Å². The molecule has 1 N–H and O–H groups in total. The van der Waals surface area contributed by atoms with Crippen LogP contribution in [0, 0.1) is 0 Å². The molecule has 5 heteroatoms. The Bertz CT molecular complexity index is 187. The van der Waals surface area contributed by atoms with Gasteiger partial charge in [0.05, 0.1) is 6.61 Å². The fraction of sp³-hybridized carbons (Fsp3) is 0.750. The van der Waals surface area contributed by atoms with Gasteiger partial charge in [0.25, 0.3) is 0 Å². The maximum atomic E-state index is 10.8. The molecule has 1 unspecified atom stereocenters. The van der Waals surface area contributed by atoms with E-state index in [2.05, 4.69) is 35.8 Å². The van der Waals surface area contributed by atoms with E-state index in [4.69, 9.17) is 0 Å². The first-order valence-electron chi connectivity index (χ1n) is 4.17. The predicted octanol–water partition coefficient (Wildman–Crippen LogP) is 1.52. The number of rotatable bonds is 4. The zero-order chi connectivity index (χ0) is 10.3. The predicted molar refractivity (Wildman–Crippen MR) is 56.3 cm³/mol. The van der Waals surface area contributed by atoms with Gasteiger partial charge < -0.3 is 4.74 Å². The highest BCUT2D eigenvalue weighted by Crippen LogP contribution is 2.25. The van der Waals surface area contributed by atoms with Gasteiger partial charge in [-0.15, -0.1) is 0 Å². The van der Waals surface area contributed by atoms with Gasteiger partial charge in [0.2, 0.25) is 0 Å². The summed E-state index contributed by atoms with van der Waals surface area (Å²) in [6.45, 7) is 8.43. The quantitative estimate of drug-likeness (QED) is 0.327. The third-order valence-electron chi connectivity index (χ3n) is 0.952. The van der Waals surface area contributed by atoms with Crippen LogP contribution in [-0.4, -0.2) is 23.9 Å². The summed E-state index contributed by atoms with van der Waals surface area (Å²) in [5.41, 5.74) is 0. The molecule has 0 rings (SSSR count). The molecule has 0 aromatic heterocycles. The number of ether oxygens (including phenoxy) is 1. The fourth-order valence-corrected chi connectivity index (χ4v) is 0.929. The molecule has 0 saturated heterocycles. The molecule has 0 radical (unpaired) electrons. The van der Waals surface area contributed by atoms with Crippen LogP contribution < -0.4 is 5.20 Å². The van der Waals surface area contributed by atoms with Crippen molar-refractivity contribution in [2.75, 3.05) is 6.61 Å². The second kappa shape index (κ2) is 5.92. The molecule has 4 nitrogen and oxygen atoms in total. The van der Waals surface area contributed by atoms with Gasteiger partial charge in [-0.1, -0.05) is 20.8 Å². The third kappa shape index (κ3) is 9.28. The molecule has 0 saturated carbocycles. The standard InChI is InChI=1S/C8H17N2O2P/c1-5-12-7(11)6-9-10-13-8(2,3)4/h6,10,13H,5H2,1-4H3/b9-6+. The highest BCUT2D eigenvalue weighted by molar-refractivity contribution is 7.37. The zero-order valence-corrected chi connectivity index (χ0v) is 9.55. The number of hydrogen-bond donors (Lipinski definition) is 1. The summed E-state index contributed by atoms with van der Waals surface area (Å²) < 4.78 is 4.65. The minimum absolute atomic E-state index is 0.187. The molecule has 0 aliphatic heterocycles. The lowest BCUT2D eigenvalue weighted by molar-refractivity contribution is -0.134. The molecule has 0 aliphatic carbocycles. The summed E-state index contributed by atoms with van der Waals surface area (Å²) in [6, 6.07) is 0. The van der Waals surface area contributed by atoms with Crippen LogP contribution in [0.1, 0.15) is 27.7 Å². The van der Waals surface area contributed by atoms with Gasteiger partial charge in [-0.25, -0.2) is 4.79 Å². The van der Waals surface area contributed by atoms with Crippen molar-refractivity contribution < 1.29 is 9.53 Å². The number of hydrogen-bond acceptors (Lipinski definition) is 4. The van der Waals surface area contributed by atoms with E-state index in [1.54, 1.807) is 6.92 Å². The minimum Gasteiger partial charge on any atom is -0.462 e. The summed E-state index contributed by atoms with van der Waals surface area (Å²) in [6.07, 6.45) is 1.15. The van der Waals surface area contributed by atoms with Crippen molar-refractivity contribution in [3.05, 3.63) is 0 Å². The molecular weight excluding hydrogens is 187 g/mol. The molecule has 0 amide bonds. The molecule has 0 spiro atoms. The Balaban J connectivity index is 3.58. The maximum Gasteiger partial charge on any atom is 0.351 e. The Hall–Kier alpha value is -0.630. The van der Waals surface area contributed by atoms with Crippen LogP contribution in [0.5, 0.6) is 0 Å². The molecular formula is C8H17N2O2P. The number of carbonyl (C=O) groups is 1. The summed E-state index contributed by atoms with van der Waals surface area (Å²) in [5, 5.41) is 6.74. The van der Waals surface area contributed by atoms with Crippen molar-refractivity contribution in [2.24, 2.45) is 5.10 Å². The smallest absolute Gasteiger partial charge is 0.351 e. The number of nitrogens with one attached hydrogen (secondary N) is 1. The molecule has 1 atom stereocenters. The summed E-state index contributed by atoms with van der Waals surface area (Å²) in [7, 11) is 0.487. The number of esters is 1. The second-order valence-electron chi connectivity index (χ2n) is 3.50. The molecule has 0 bridgehead atoms. The Morgan fingerprint density at radius 3 is 2.69 bits per heavy atom. The van der Waals surface area contributed by atoms with Gasteiger partial charge in [0.1, 0.15) is 6.21 Å². The van der Waals surface area contributed by atoms with Crippen molar-refractivity contribution in [3.8, 4) is 0 Å². The van der Waals surface area contributed by atoms with Crippen LogP contribution >= 0.6 is 8.73 Å². The lowest BCUT2D eigenvalue weighted by Crippen LogP contribution is -2.12. The first-order chi connectivity index (χ1) is 5.95. The fourth-order valence-electron chi connectivity index (χ4n) is 0.464. The van der Waals surface area contributed by atoms with Crippen molar-refractivity contribution in [1.82, 2.24) is 5.20 Å². The number of carbonyl (C=O) groups excluding carboxylic acids is 1. The van der Waals surface area contributed by atoms with Crippen molar-refractivity contribution in [1.29, 1.82) is 0 Å². The Morgan fingerprint density at radius 2 is 2.23 bits per heavy atom. The van der Waals surface area contributed by atoms with Crippen LogP contribution in [0.4, 0.5) is 0 Å². The van der Waals surface area contributed by atoms with E-state index in [0.717, 1.165) is 6.21 Å². The van der Waals surface area contributed by atoms with Crippen LogP contribution in [0.3, 0.4) is 0 Å². The first kappa shape index (κ1) is 12.4. The van der Waals surface area contributed by atoms with Crippen LogP contribution in [-0.2, 0) is 9.53 Å². The highest BCUT2D eigenvalue weighted by atomic mass is 31.1. The Morgan fingerprint density at radius 1 is 1.62 bits per heavy atom. The van der Waals surface area contributed by atoms with E-state index in [1.165, 1.54) is 0 Å². The summed E-state index contributed by atoms with van der Waals surface area (Å²) in [5.74, 6) is -0.409. The Kier molecular flexibility index (Phi) is 5.63. The zero-order valence-electron chi connectivity index (χ0n) is 8.55. The van der Waals surface area contributed by atoms with Crippen LogP contribution in [0.2, 0.25) is 0 Å². The molecule has 13 heavy (non-hydrogen) atoms. The first-order valence-corrected chi connectivity index (χ1v) is 5.17. The normalized spacial score (nSPS) is 12.6. The van der Waals surface area contributed by atoms with Crippen molar-refractivity contribution in [2.45, 2.75) is 32.9 Å². The summed E-state index contributed by atoms with van der Waals surface area (Å²) >= 11 is 0. The third-order valence-corrected chi connectivity index (χ3v) is 1.94. The average Bonchev–Trinajstić information content (AvgIpc) is 1.97. The monoisotopic (exact) mass is 204 g/mol. The van der Waals surface area contributed by atoms with E-state index in [-0.39, 0.29) is 5.16 Å². The van der Waals surface area contributed by atoms with E-state index in [1.807, 2.05) is 0 Å². The van der Waals surface area contributed by atoms with Gasteiger partial charge in [0, 0.05) is 0 Å². The molecule has 0 fully saturated rings. The van der Waals surface area contributed by atoms with E-state index in [9.17, 15) is 4.79 Å². The molecule has 0 aromatic rings. The topological polar surface area (TPSA) is 50.7 Å². The highest BCUT2D eigenvalue weighted by Gasteiger charge is 2.08. The molecule has 0 aliphatic rings. The maximum absolute atomic E-state index is 10.8. The molecule has 0 aromatic carbocycles. The van der Waals surface area contributed by atoms with Crippen LogP contribution in [0.15, 0.2) is 5.10 Å². The lowest BCUT2D eigenvalue weighted by Gasteiger charge is -2.16. The van der Waals surface area contributed by atoms with E-state index in [0.29, 0.717) is 15.3 Å². The SMILES string of the molecule is CCOC(=O)/C=N/NPC(C)(C)C. The largest absolute Gasteiger partial charge is 0.462 e. The Labute approximate surface area is 81.0 Å².